The van der Waals surface area contributed by atoms with Gasteiger partial charge in [0.2, 0.25) is 11.8 Å². The van der Waals surface area contributed by atoms with Gasteiger partial charge in [0.25, 0.3) is 0 Å². The van der Waals surface area contributed by atoms with Gasteiger partial charge in [-0.25, -0.2) is 0 Å². The molecule has 58 valence electrons. The van der Waals surface area contributed by atoms with E-state index >= 15 is 0 Å². The first-order valence-electron chi connectivity index (χ1n) is 2.75. The van der Waals surface area contributed by atoms with Crippen molar-refractivity contribution < 1.29 is 15.0 Å². The fourth-order valence-electron chi connectivity index (χ4n) is 0.322. The first kappa shape index (κ1) is 9.13. The summed E-state index contributed by atoms with van der Waals surface area (Å²) in [5.74, 6) is -2.73. The van der Waals surface area contributed by atoms with Crippen LogP contribution in [0.5, 0.6) is 0 Å². The summed E-state index contributed by atoms with van der Waals surface area (Å²) in [6, 6.07) is 0. The van der Waals surface area contributed by atoms with Crippen molar-refractivity contribution in [3.05, 3.63) is 12.2 Å². The zero-order chi connectivity index (χ0) is 8.36. The molecule has 3 N–H and O–H groups in total. The van der Waals surface area contributed by atoms with Crippen molar-refractivity contribution in [3.8, 4) is 0 Å². The average Bonchev–Trinajstić information content (AvgIpc) is 1.60. The fraction of sp³-hybridized carbons (Fsp3) is 0.500. The molecule has 10 heavy (non-hydrogen) atoms. The highest BCUT2D eigenvalue weighted by atomic mass is 16.5. The number of rotatable bonds is 2. The summed E-state index contributed by atoms with van der Waals surface area (Å²) < 4.78 is 0. The Bertz CT molecular complexity index is 157. The van der Waals surface area contributed by atoms with Gasteiger partial charge in [-0.3, -0.25) is 4.79 Å². The molecule has 0 spiro atoms. The monoisotopic (exact) mass is 145 g/mol. The molecule has 0 aliphatic rings. The Labute approximate surface area is 59.2 Å². The second-order valence-electron chi connectivity index (χ2n) is 2.26. The summed E-state index contributed by atoms with van der Waals surface area (Å²) in [6.07, 6.45) is 0. The van der Waals surface area contributed by atoms with Crippen molar-refractivity contribution in [1.82, 2.24) is 5.32 Å². The van der Waals surface area contributed by atoms with Crippen LogP contribution in [0.4, 0.5) is 0 Å². The molecule has 0 aromatic carbocycles. The van der Waals surface area contributed by atoms with Crippen LogP contribution in [0.25, 0.3) is 0 Å². The van der Waals surface area contributed by atoms with E-state index in [9.17, 15) is 4.79 Å². The van der Waals surface area contributed by atoms with Crippen molar-refractivity contribution >= 4 is 5.91 Å². The molecule has 0 heterocycles. The SMILES string of the molecule is C=C(C)C(=O)NC(C)(O)O. The third kappa shape index (κ3) is 4.05. The number of hydrogen-bond acceptors (Lipinski definition) is 3. The van der Waals surface area contributed by atoms with Gasteiger partial charge in [0.1, 0.15) is 0 Å². The van der Waals surface area contributed by atoms with Gasteiger partial charge in [0.05, 0.1) is 0 Å². The molecule has 0 unspecified atom stereocenters. The summed E-state index contributed by atoms with van der Waals surface area (Å²) >= 11 is 0. The van der Waals surface area contributed by atoms with Gasteiger partial charge in [-0.05, 0) is 6.92 Å². The second kappa shape index (κ2) is 2.81. The lowest BCUT2D eigenvalue weighted by Crippen LogP contribution is -2.45. The Kier molecular flexibility index (Phi) is 2.56. The van der Waals surface area contributed by atoms with Crippen LogP contribution in [-0.2, 0) is 4.79 Å². The van der Waals surface area contributed by atoms with Gasteiger partial charge in [0, 0.05) is 12.5 Å². The summed E-state index contributed by atoms with van der Waals surface area (Å²) in [6.45, 7) is 5.83. The van der Waals surface area contributed by atoms with Gasteiger partial charge in [-0.15, -0.1) is 0 Å². The lowest BCUT2D eigenvalue weighted by atomic mass is 10.3. The van der Waals surface area contributed by atoms with Crippen LogP contribution in [-0.4, -0.2) is 22.0 Å². The van der Waals surface area contributed by atoms with Crippen LogP contribution in [0, 0.1) is 0 Å². The number of amides is 1. The van der Waals surface area contributed by atoms with Gasteiger partial charge in [-0.2, -0.15) is 0 Å². The molecule has 0 aliphatic heterocycles. The molecule has 0 saturated heterocycles. The highest BCUT2D eigenvalue weighted by Crippen LogP contribution is 1.93. The third-order valence-corrected chi connectivity index (χ3v) is 0.738. The Morgan fingerprint density at radius 2 is 2.00 bits per heavy atom. The molecule has 0 aromatic heterocycles. The van der Waals surface area contributed by atoms with E-state index in [1.54, 1.807) is 0 Å². The van der Waals surface area contributed by atoms with Crippen LogP contribution in [0.1, 0.15) is 13.8 Å². The van der Waals surface area contributed by atoms with Crippen LogP contribution in [0.3, 0.4) is 0 Å². The first-order chi connectivity index (χ1) is 4.33. The molecule has 0 aromatic rings. The highest BCUT2D eigenvalue weighted by Gasteiger charge is 2.17. The lowest BCUT2D eigenvalue weighted by molar-refractivity contribution is -0.175. The van der Waals surface area contributed by atoms with E-state index in [1.807, 2.05) is 5.32 Å². The normalized spacial score (nSPS) is 10.8. The van der Waals surface area contributed by atoms with Crippen molar-refractivity contribution in [2.24, 2.45) is 0 Å². The zero-order valence-corrected chi connectivity index (χ0v) is 6.01. The molecule has 0 rings (SSSR count). The number of carbonyl (C=O) groups excluding carboxylic acids is 1. The lowest BCUT2D eigenvalue weighted by Gasteiger charge is -2.16. The Balaban J connectivity index is 3.93. The van der Waals surface area contributed by atoms with Crippen molar-refractivity contribution in [1.29, 1.82) is 0 Å². The molecule has 0 bridgehead atoms. The van der Waals surface area contributed by atoms with E-state index < -0.39 is 11.8 Å². The maximum Gasteiger partial charge on any atom is 0.250 e. The van der Waals surface area contributed by atoms with E-state index in [2.05, 4.69) is 6.58 Å². The van der Waals surface area contributed by atoms with Crippen molar-refractivity contribution in [2.75, 3.05) is 0 Å². The molecule has 0 saturated carbocycles. The van der Waals surface area contributed by atoms with E-state index in [4.69, 9.17) is 10.2 Å². The molecule has 0 atom stereocenters. The molecular formula is C6H11NO3. The maximum absolute atomic E-state index is 10.6. The molecule has 0 aliphatic carbocycles. The summed E-state index contributed by atoms with van der Waals surface area (Å²) in [5, 5.41) is 19.1. The second-order valence-corrected chi connectivity index (χ2v) is 2.26. The molecule has 4 nitrogen and oxygen atoms in total. The molecule has 0 radical (unpaired) electrons. The van der Waals surface area contributed by atoms with Crippen LogP contribution < -0.4 is 5.32 Å². The minimum Gasteiger partial charge on any atom is -0.349 e. The summed E-state index contributed by atoms with van der Waals surface area (Å²) in [7, 11) is 0. The topological polar surface area (TPSA) is 69.6 Å². The number of hydrogen-bond donors (Lipinski definition) is 3. The van der Waals surface area contributed by atoms with Crippen molar-refractivity contribution in [2.45, 2.75) is 19.8 Å². The average molecular weight is 145 g/mol. The van der Waals surface area contributed by atoms with E-state index in [1.165, 1.54) is 6.92 Å². The fourth-order valence-corrected chi connectivity index (χ4v) is 0.322. The van der Waals surface area contributed by atoms with Crippen molar-refractivity contribution in [3.63, 3.8) is 0 Å². The predicted molar refractivity (Wildman–Crippen MR) is 35.8 cm³/mol. The number of aliphatic hydroxyl groups is 2. The van der Waals surface area contributed by atoms with Gasteiger partial charge in [-0.1, -0.05) is 6.58 Å². The Morgan fingerprint density at radius 1 is 1.60 bits per heavy atom. The van der Waals surface area contributed by atoms with Gasteiger partial charge < -0.3 is 15.5 Å². The Hall–Kier alpha value is -0.870. The van der Waals surface area contributed by atoms with E-state index in [0.717, 1.165) is 6.92 Å². The highest BCUT2D eigenvalue weighted by molar-refractivity contribution is 5.92. The first-order valence-corrected chi connectivity index (χ1v) is 2.75. The van der Waals surface area contributed by atoms with Gasteiger partial charge in [0.15, 0.2) is 0 Å². The zero-order valence-electron chi connectivity index (χ0n) is 6.01. The van der Waals surface area contributed by atoms with Gasteiger partial charge >= 0.3 is 0 Å². The molecule has 4 heteroatoms. The minimum atomic E-state index is -2.16. The molecule has 1 amide bonds. The van der Waals surface area contributed by atoms with E-state index in [-0.39, 0.29) is 5.57 Å². The van der Waals surface area contributed by atoms with Crippen LogP contribution in [0.2, 0.25) is 0 Å². The summed E-state index contributed by atoms with van der Waals surface area (Å²) in [4.78, 5) is 10.6. The maximum atomic E-state index is 10.6. The largest absolute Gasteiger partial charge is 0.349 e. The predicted octanol–water partition coefficient (Wildman–Crippen LogP) is -0.663. The molecule has 0 fully saturated rings. The van der Waals surface area contributed by atoms with Crippen LogP contribution in [0.15, 0.2) is 12.2 Å². The standard InChI is InChI=1S/C6H11NO3/c1-4(2)5(8)7-6(3,9)10/h9-10H,1H2,2-3H3,(H,7,8). The smallest absolute Gasteiger partial charge is 0.250 e. The van der Waals surface area contributed by atoms with Crippen LogP contribution >= 0.6 is 0 Å². The third-order valence-electron chi connectivity index (χ3n) is 0.738. The number of carbonyl (C=O) groups is 1. The van der Waals surface area contributed by atoms with E-state index in [0.29, 0.717) is 0 Å². The Morgan fingerprint density at radius 3 is 2.10 bits per heavy atom. The number of nitrogens with one attached hydrogen (secondary N) is 1. The molecular weight excluding hydrogens is 134 g/mol. The quantitative estimate of drug-likeness (QED) is 0.357. The summed E-state index contributed by atoms with van der Waals surface area (Å²) in [5.41, 5.74) is 0.231. The minimum absolute atomic E-state index is 0.231.